The average molecular weight is 1380 g/mol. The van der Waals surface area contributed by atoms with Gasteiger partial charge in [0.25, 0.3) is 0 Å². The van der Waals surface area contributed by atoms with Crippen LogP contribution in [0, 0.1) is 23.6 Å². The molecule has 2 aromatic rings. The summed E-state index contributed by atoms with van der Waals surface area (Å²) in [6.07, 6.45) is -0.122. The van der Waals surface area contributed by atoms with Crippen molar-refractivity contribution in [2.45, 2.75) is 160 Å². The zero-order valence-electron chi connectivity index (χ0n) is 49.8. The van der Waals surface area contributed by atoms with Crippen LogP contribution in [0.15, 0.2) is 48.1 Å². The lowest BCUT2D eigenvalue weighted by Crippen LogP contribution is -2.63. The molecule has 0 aromatic heterocycles. The third kappa shape index (κ3) is 19.4. The number of urea groups is 1. The number of unbranched alkanes of at least 4 members (excludes halogenated alkanes) is 1. The summed E-state index contributed by atoms with van der Waals surface area (Å²) < 4.78 is 51.0. The number of fused-ring (bicyclic) bond motifs is 5. The predicted octanol–water partition coefficient (Wildman–Crippen LogP) is 8.47. The molecule has 4 bridgehead atoms. The number of amides is 8. The maximum Gasteiger partial charge on any atom is 0.412 e. The first kappa shape index (κ1) is 71.0. The fourth-order valence-electron chi connectivity index (χ4n) is 10.1. The van der Waals surface area contributed by atoms with Crippen LogP contribution in [0.5, 0.6) is 5.75 Å². The lowest BCUT2D eigenvalue weighted by molar-refractivity contribution is -0.160. The largest absolute Gasteiger partial charge is 0.495 e. The number of aliphatic hydroxyl groups is 1. The maximum atomic E-state index is 16.2. The first-order valence-corrected chi connectivity index (χ1v) is 31.0. The highest BCUT2D eigenvalue weighted by molar-refractivity contribution is 9.09. The summed E-state index contributed by atoms with van der Waals surface area (Å²) in [7, 11) is 4.30. The molecule has 9 atom stereocenters. The van der Waals surface area contributed by atoms with E-state index >= 15 is 4.39 Å². The number of carbonyl (C=O) groups is 8. The number of carbonyl (C=O) groups excluding carboxylic acids is 8. The lowest BCUT2D eigenvalue weighted by Gasteiger charge is -2.42. The van der Waals surface area contributed by atoms with Crippen LogP contribution in [0.1, 0.15) is 105 Å². The van der Waals surface area contributed by atoms with E-state index in [0.717, 1.165) is 17.7 Å². The number of alkyl halides is 2. The van der Waals surface area contributed by atoms with Crippen LogP contribution in [0.4, 0.5) is 35.8 Å². The van der Waals surface area contributed by atoms with E-state index in [9.17, 15) is 43.5 Å². The van der Waals surface area contributed by atoms with E-state index in [1.165, 1.54) is 26.2 Å². The van der Waals surface area contributed by atoms with Crippen LogP contribution in [-0.2, 0) is 54.1 Å². The second-order valence-electron chi connectivity index (χ2n) is 22.8. The summed E-state index contributed by atoms with van der Waals surface area (Å²) in [5, 5.41) is 27.7. The first-order valence-electron chi connectivity index (χ1n) is 28.0. The first-order chi connectivity index (χ1) is 40.4. The van der Waals surface area contributed by atoms with Crippen LogP contribution in [-0.4, -0.2) is 145 Å². The standard InChI is InChI=1S/C58H79Br2Cl2FN8O15/c1-30(2)48(69-45(72)18-11-12-19-56(5,6)86-52(76)34(28-59)29-60)51(75)66-37(16-14-20-65-53(64)77)50(74)67-39-24-35(61)38(25-36(39)63)68-54(78)84-44-26-46(73)71(8)40-22-33(23-41(81-9)47(40)62)21-31(3)15-13-17-43(82-10)58(80)27-42(83-55(79)70-58)32(4)49-57(44,7)85-49/h13,15,17,22-25,30,32,34,37,42-44,48-49,80H,11-12,14,16,18-21,26-29H2,1-10H3,(H,66,75)(H,67,74)(H,68,78)(H,69,72)(H,70,79)(H3,64,65,77)/b17-13+,31-15+/t32-,37+,42+,43-,44+,48+,49+,57+,58+/m1/s1. The molecule has 8 amide bonds. The third-order valence-corrected chi connectivity index (χ3v) is 17.4. The second-order valence-corrected chi connectivity index (χ2v) is 24.9. The molecule has 86 heavy (non-hydrogen) atoms. The van der Waals surface area contributed by atoms with Gasteiger partial charge in [-0.05, 0) is 95.9 Å². The number of halogens is 5. The van der Waals surface area contributed by atoms with Gasteiger partial charge < -0.3 is 65.4 Å². The Balaban J connectivity index is 1.34. The van der Waals surface area contributed by atoms with Gasteiger partial charge in [-0.25, -0.2) is 18.8 Å². The van der Waals surface area contributed by atoms with Gasteiger partial charge in [-0.3, -0.25) is 34.6 Å². The molecular weight excluding hydrogens is 1300 g/mol. The number of epoxide rings is 1. The highest BCUT2D eigenvalue weighted by Crippen LogP contribution is 2.49. The minimum absolute atomic E-state index is 0.0106. The number of ether oxygens (including phenoxy) is 6. The van der Waals surface area contributed by atoms with Crippen molar-refractivity contribution in [3.05, 3.63) is 69.5 Å². The van der Waals surface area contributed by atoms with Crippen molar-refractivity contribution in [3.8, 4) is 5.75 Å². The zero-order chi connectivity index (χ0) is 64.0. The number of alkyl carbamates (subject to hydrolysis) is 1. The van der Waals surface area contributed by atoms with E-state index < -0.39 is 125 Å². The number of rotatable bonds is 23. The van der Waals surface area contributed by atoms with Crippen molar-refractivity contribution in [2.75, 3.05) is 54.0 Å². The molecule has 0 saturated carbocycles. The Kier molecular flexibility index (Phi) is 25.9. The Morgan fingerprint density at radius 3 is 2.34 bits per heavy atom. The quantitative estimate of drug-likeness (QED) is 0.0170. The molecule has 3 aliphatic rings. The number of benzene rings is 2. The maximum absolute atomic E-state index is 16.2. The molecule has 2 aromatic carbocycles. The summed E-state index contributed by atoms with van der Waals surface area (Å²) in [5.74, 6) is -5.32. The van der Waals surface area contributed by atoms with Crippen LogP contribution < -0.4 is 47.3 Å². The van der Waals surface area contributed by atoms with Gasteiger partial charge in [-0.15, -0.1) is 0 Å². The van der Waals surface area contributed by atoms with Crippen LogP contribution in [0.3, 0.4) is 0 Å². The summed E-state index contributed by atoms with van der Waals surface area (Å²) in [5.41, 5.74) is 2.13. The number of nitrogens with one attached hydrogen (secondary N) is 6. The van der Waals surface area contributed by atoms with E-state index in [-0.39, 0.29) is 71.3 Å². The molecule has 5 rings (SSSR count). The van der Waals surface area contributed by atoms with E-state index in [0.29, 0.717) is 41.9 Å². The number of hydrogen-bond donors (Lipinski definition) is 8. The molecule has 9 N–H and O–H groups in total. The third-order valence-electron chi connectivity index (χ3n) is 15.1. The number of allylic oxidation sites excluding steroid dienone is 3. The highest BCUT2D eigenvalue weighted by atomic mass is 79.9. The van der Waals surface area contributed by atoms with Gasteiger partial charge >= 0.3 is 24.2 Å². The van der Waals surface area contributed by atoms with Gasteiger partial charge in [-0.1, -0.05) is 99.6 Å². The number of methoxy groups -OCH3 is 2. The fraction of sp³-hybridized carbons (Fsp3) is 0.586. The molecule has 2 saturated heterocycles. The Hall–Kier alpha value is -5.77. The van der Waals surface area contributed by atoms with Crippen LogP contribution in [0.2, 0.25) is 10.0 Å². The van der Waals surface area contributed by atoms with Gasteiger partial charge in [0, 0.05) is 56.2 Å². The molecular formula is C58H79Br2Cl2FN8O15. The average Bonchev–Trinajstić information content (AvgIpc) is 1.59. The summed E-state index contributed by atoms with van der Waals surface area (Å²) in [6.45, 7) is 12.2. The summed E-state index contributed by atoms with van der Waals surface area (Å²) in [4.78, 5) is 108. The number of nitrogens with zero attached hydrogens (tertiary/aromatic N) is 1. The van der Waals surface area contributed by atoms with Gasteiger partial charge in [0.15, 0.2) is 5.72 Å². The number of esters is 1. The summed E-state index contributed by atoms with van der Waals surface area (Å²) in [6, 6.07) is 1.97. The predicted molar refractivity (Wildman–Crippen MR) is 328 cm³/mol. The van der Waals surface area contributed by atoms with Crippen molar-refractivity contribution >= 4 is 120 Å². The van der Waals surface area contributed by atoms with Gasteiger partial charge in [0.05, 0.1) is 47.6 Å². The number of primary amides is 1. The van der Waals surface area contributed by atoms with E-state index in [1.54, 1.807) is 71.9 Å². The van der Waals surface area contributed by atoms with Crippen LogP contribution >= 0.6 is 55.1 Å². The monoisotopic (exact) mass is 1370 g/mol. The van der Waals surface area contributed by atoms with Crippen LogP contribution in [0.25, 0.3) is 0 Å². The van der Waals surface area contributed by atoms with Gasteiger partial charge in [-0.2, -0.15) is 0 Å². The smallest absolute Gasteiger partial charge is 0.412 e. The van der Waals surface area contributed by atoms with E-state index in [1.807, 2.05) is 6.92 Å². The van der Waals surface area contributed by atoms with Crippen molar-refractivity contribution < 1.29 is 76.3 Å². The number of nitrogens with two attached hydrogens (primary N) is 1. The Bertz CT molecular complexity index is 2880. The van der Waals surface area contributed by atoms with Crippen molar-refractivity contribution in [3.63, 3.8) is 0 Å². The molecule has 0 radical (unpaired) electrons. The highest BCUT2D eigenvalue weighted by Gasteiger charge is 2.64. The van der Waals surface area contributed by atoms with E-state index in [2.05, 4.69) is 63.8 Å². The second kappa shape index (κ2) is 31.4. The minimum atomic E-state index is -1.94. The molecule has 0 spiro atoms. The normalized spacial score (nSPS) is 24.1. The molecule has 0 unspecified atom stereocenters. The fourth-order valence-corrected chi connectivity index (χ4v) is 12.2. The molecule has 2 fully saturated rings. The summed E-state index contributed by atoms with van der Waals surface area (Å²) >= 11 is 20.1. The van der Waals surface area contributed by atoms with Gasteiger partial charge in [0.2, 0.25) is 23.6 Å². The van der Waals surface area contributed by atoms with Crippen molar-refractivity contribution in [2.24, 2.45) is 23.5 Å². The molecule has 3 aliphatic heterocycles. The molecule has 28 heteroatoms. The molecule has 476 valence electrons. The lowest BCUT2D eigenvalue weighted by atomic mass is 9.83. The zero-order valence-corrected chi connectivity index (χ0v) is 54.5. The van der Waals surface area contributed by atoms with E-state index in [4.69, 9.17) is 57.4 Å². The number of hydrogen-bond acceptors (Lipinski definition) is 15. The molecule has 23 nitrogen and oxygen atoms in total. The molecule has 3 heterocycles. The molecule has 0 aliphatic carbocycles. The van der Waals surface area contributed by atoms with Crippen molar-refractivity contribution in [1.29, 1.82) is 0 Å². The Morgan fingerprint density at radius 2 is 1.70 bits per heavy atom. The Morgan fingerprint density at radius 1 is 1.00 bits per heavy atom. The van der Waals surface area contributed by atoms with Gasteiger partial charge in [0.1, 0.15) is 58.2 Å². The van der Waals surface area contributed by atoms with Crippen molar-refractivity contribution in [1.82, 2.24) is 21.3 Å². The number of anilines is 3. The minimum Gasteiger partial charge on any atom is -0.495 e. The Labute approximate surface area is 527 Å². The topological polar surface area (TPSA) is 317 Å². The SMILES string of the molecule is COc1cc2cc(c1Cl)N(C)C(=O)C[C@H](OC(=O)Nc1cc(F)c(NC(=O)[C@H](CCCNC(N)=O)NC(=O)[C@@H](NC(=O)CCCCC(C)(C)OC(=O)C(CBr)CBr)C(C)C)cc1Cl)[C@]1(C)O[C@H]1[C@H](C)[C@@H]1C[C@@](O)(NC(=O)O1)[C@H](OC)/C=C/C=C(\C)C2.